The molecule has 0 saturated heterocycles. The van der Waals surface area contributed by atoms with E-state index in [4.69, 9.17) is 0 Å². The molecule has 0 atom stereocenters. The Morgan fingerprint density at radius 3 is 2.26 bits per heavy atom. The standard InChI is InChI=1S/C17H26FN/c1-12-4-6-15(7-5-12)10-19-11-16-8-13(2)17(18)14(3)9-16/h8-9,12,15,19H,4-7,10-11H2,1-3H3. The zero-order chi connectivity index (χ0) is 13.8. The molecular weight excluding hydrogens is 237 g/mol. The van der Waals surface area contributed by atoms with Crippen LogP contribution < -0.4 is 5.32 Å². The van der Waals surface area contributed by atoms with E-state index in [9.17, 15) is 4.39 Å². The van der Waals surface area contributed by atoms with Gasteiger partial charge in [-0.15, -0.1) is 0 Å². The fourth-order valence-corrected chi connectivity index (χ4v) is 3.09. The molecule has 0 radical (unpaired) electrons. The molecule has 0 aliphatic heterocycles. The van der Waals surface area contributed by atoms with E-state index in [-0.39, 0.29) is 5.82 Å². The molecule has 106 valence electrons. The molecule has 0 unspecified atom stereocenters. The first-order valence-corrected chi connectivity index (χ1v) is 7.52. The molecule has 2 heteroatoms. The third kappa shape index (κ3) is 4.04. The lowest BCUT2D eigenvalue weighted by Gasteiger charge is -2.26. The largest absolute Gasteiger partial charge is 0.312 e. The van der Waals surface area contributed by atoms with E-state index in [1.54, 1.807) is 0 Å². The summed E-state index contributed by atoms with van der Waals surface area (Å²) >= 11 is 0. The highest BCUT2D eigenvalue weighted by Gasteiger charge is 2.17. The summed E-state index contributed by atoms with van der Waals surface area (Å²) in [7, 11) is 0. The molecule has 0 bridgehead atoms. The van der Waals surface area contributed by atoms with E-state index in [0.717, 1.165) is 36.1 Å². The van der Waals surface area contributed by atoms with E-state index in [2.05, 4.69) is 12.2 Å². The Hall–Kier alpha value is -0.890. The maximum atomic E-state index is 13.5. The van der Waals surface area contributed by atoms with Gasteiger partial charge in [0.25, 0.3) is 0 Å². The van der Waals surface area contributed by atoms with Gasteiger partial charge in [0.05, 0.1) is 0 Å². The minimum Gasteiger partial charge on any atom is -0.312 e. The first-order valence-electron chi connectivity index (χ1n) is 7.52. The summed E-state index contributed by atoms with van der Waals surface area (Å²) in [6, 6.07) is 3.91. The number of halogens is 1. The summed E-state index contributed by atoms with van der Waals surface area (Å²) in [5, 5.41) is 3.54. The predicted octanol–water partition coefficient (Wildman–Crippen LogP) is 4.36. The molecular formula is C17H26FN. The van der Waals surface area contributed by atoms with Gasteiger partial charge in [0, 0.05) is 6.54 Å². The Kier molecular flexibility index (Phi) is 4.98. The second-order valence-corrected chi connectivity index (χ2v) is 6.30. The molecule has 1 saturated carbocycles. The van der Waals surface area contributed by atoms with Crippen LogP contribution in [0, 0.1) is 31.5 Å². The molecule has 1 aliphatic rings. The molecule has 0 spiro atoms. The third-order valence-corrected chi connectivity index (χ3v) is 4.39. The van der Waals surface area contributed by atoms with Crippen molar-refractivity contribution < 1.29 is 4.39 Å². The van der Waals surface area contributed by atoms with Gasteiger partial charge < -0.3 is 5.32 Å². The van der Waals surface area contributed by atoms with Gasteiger partial charge in [-0.05, 0) is 61.8 Å². The summed E-state index contributed by atoms with van der Waals surface area (Å²) in [5.41, 5.74) is 2.70. The molecule has 19 heavy (non-hydrogen) atoms. The molecule has 1 aromatic rings. The molecule has 1 nitrogen and oxygen atoms in total. The monoisotopic (exact) mass is 263 g/mol. The minimum atomic E-state index is -0.0648. The van der Waals surface area contributed by atoms with Crippen molar-refractivity contribution in [2.24, 2.45) is 11.8 Å². The maximum Gasteiger partial charge on any atom is 0.129 e. The van der Waals surface area contributed by atoms with E-state index in [1.165, 1.54) is 31.2 Å². The van der Waals surface area contributed by atoms with Crippen LogP contribution in [-0.2, 0) is 6.54 Å². The van der Waals surface area contributed by atoms with Crippen LogP contribution in [0.3, 0.4) is 0 Å². The van der Waals surface area contributed by atoms with Gasteiger partial charge >= 0.3 is 0 Å². The van der Waals surface area contributed by atoms with Crippen LogP contribution in [0.4, 0.5) is 4.39 Å². The lowest BCUT2D eigenvalue weighted by Crippen LogP contribution is -2.25. The molecule has 1 fully saturated rings. The molecule has 1 aliphatic carbocycles. The Morgan fingerprint density at radius 2 is 1.68 bits per heavy atom. The van der Waals surface area contributed by atoms with E-state index in [1.807, 2.05) is 26.0 Å². The van der Waals surface area contributed by atoms with Crippen molar-refractivity contribution in [3.05, 3.63) is 34.6 Å². The lowest BCUT2D eigenvalue weighted by atomic mass is 9.83. The highest BCUT2D eigenvalue weighted by Crippen LogP contribution is 2.27. The van der Waals surface area contributed by atoms with E-state index in [0.29, 0.717) is 0 Å². The van der Waals surface area contributed by atoms with Gasteiger partial charge in [-0.25, -0.2) is 4.39 Å². The molecule has 0 amide bonds. The van der Waals surface area contributed by atoms with Gasteiger partial charge in [0.1, 0.15) is 5.82 Å². The minimum absolute atomic E-state index is 0.0648. The molecule has 1 aromatic carbocycles. The molecule has 0 aromatic heterocycles. The van der Waals surface area contributed by atoms with Gasteiger partial charge in [0.2, 0.25) is 0 Å². The van der Waals surface area contributed by atoms with Crippen LogP contribution in [0.5, 0.6) is 0 Å². The fourth-order valence-electron chi connectivity index (χ4n) is 3.09. The van der Waals surface area contributed by atoms with Crippen LogP contribution in [0.15, 0.2) is 12.1 Å². The highest BCUT2D eigenvalue weighted by molar-refractivity contribution is 5.30. The second kappa shape index (κ2) is 6.51. The van der Waals surface area contributed by atoms with Crippen molar-refractivity contribution in [3.63, 3.8) is 0 Å². The number of hydrogen-bond donors (Lipinski definition) is 1. The van der Waals surface area contributed by atoms with E-state index >= 15 is 0 Å². The van der Waals surface area contributed by atoms with Gasteiger partial charge in [-0.3, -0.25) is 0 Å². The van der Waals surface area contributed by atoms with Crippen LogP contribution >= 0.6 is 0 Å². The number of benzene rings is 1. The van der Waals surface area contributed by atoms with Crippen LogP contribution in [0.2, 0.25) is 0 Å². The molecule has 0 heterocycles. The predicted molar refractivity (Wildman–Crippen MR) is 78.7 cm³/mol. The average molecular weight is 263 g/mol. The first-order chi connectivity index (χ1) is 9.06. The Bertz CT molecular complexity index is 396. The van der Waals surface area contributed by atoms with Crippen molar-refractivity contribution >= 4 is 0 Å². The number of rotatable bonds is 4. The number of hydrogen-bond acceptors (Lipinski definition) is 1. The Balaban J connectivity index is 1.79. The number of nitrogens with one attached hydrogen (secondary N) is 1. The fraction of sp³-hybridized carbons (Fsp3) is 0.647. The summed E-state index contributed by atoms with van der Waals surface area (Å²) < 4.78 is 13.5. The van der Waals surface area contributed by atoms with Crippen LogP contribution in [0.1, 0.15) is 49.3 Å². The zero-order valence-electron chi connectivity index (χ0n) is 12.4. The van der Waals surface area contributed by atoms with Crippen LogP contribution in [0.25, 0.3) is 0 Å². The Labute approximate surface area is 116 Å². The first kappa shape index (κ1) is 14.5. The summed E-state index contributed by atoms with van der Waals surface area (Å²) in [4.78, 5) is 0. The quantitative estimate of drug-likeness (QED) is 0.851. The average Bonchev–Trinajstić information content (AvgIpc) is 2.38. The second-order valence-electron chi connectivity index (χ2n) is 6.30. The van der Waals surface area contributed by atoms with E-state index < -0.39 is 0 Å². The normalized spacial score (nSPS) is 23.6. The molecule has 2 rings (SSSR count). The van der Waals surface area contributed by atoms with Crippen molar-refractivity contribution in [2.45, 2.75) is 53.0 Å². The number of aryl methyl sites for hydroxylation is 2. The van der Waals surface area contributed by atoms with Crippen molar-refractivity contribution in [1.29, 1.82) is 0 Å². The Morgan fingerprint density at radius 1 is 1.11 bits per heavy atom. The lowest BCUT2D eigenvalue weighted by molar-refractivity contribution is 0.281. The topological polar surface area (TPSA) is 12.0 Å². The molecule has 1 N–H and O–H groups in total. The van der Waals surface area contributed by atoms with Gasteiger partial charge in [-0.1, -0.05) is 31.9 Å². The van der Waals surface area contributed by atoms with Gasteiger partial charge in [0.15, 0.2) is 0 Å². The smallest absolute Gasteiger partial charge is 0.129 e. The van der Waals surface area contributed by atoms with Crippen molar-refractivity contribution in [1.82, 2.24) is 5.32 Å². The summed E-state index contributed by atoms with van der Waals surface area (Å²) in [6.07, 6.45) is 5.47. The van der Waals surface area contributed by atoms with Crippen LogP contribution in [-0.4, -0.2) is 6.54 Å². The van der Waals surface area contributed by atoms with Gasteiger partial charge in [-0.2, -0.15) is 0 Å². The third-order valence-electron chi connectivity index (χ3n) is 4.39. The summed E-state index contributed by atoms with van der Waals surface area (Å²) in [5.74, 6) is 1.68. The van der Waals surface area contributed by atoms with Crippen molar-refractivity contribution in [2.75, 3.05) is 6.54 Å². The zero-order valence-corrected chi connectivity index (χ0v) is 12.4. The van der Waals surface area contributed by atoms with Crippen molar-refractivity contribution in [3.8, 4) is 0 Å². The SMILES string of the molecule is Cc1cc(CNCC2CCC(C)CC2)cc(C)c1F. The maximum absolute atomic E-state index is 13.5. The summed E-state index contributed by atoms with van der Waals surface area (Å²) in [6.45, 7) is 7.99. The highest BCUT2D eigenvalue weighted by atomic mass is 19.1.